The fraction of sp³-hybridized carbons (Fsp3) is 0.385. The molecule has 0 radical (unpaired) electrons. The van der Waals surface area contributed by atoms with Crippen molar-refractivity contribution in [2.75, 3.05) is 25.1 Å². The number of benzene rings is 1. The summed E-state index contributed by atoms with van der Waals surface area (Å²) >= 11 is 2.14. The van der Waals surface area contributed by atoms with Gasteiger partial charge in [0.05, 0.1) is 31.4 Å². The lowest BCUT2D eigenvalue weighted by atomic mass is 10.1. The Morgan fingerprint density at radius 3 is 2.90 bits per heavy atom. The topological polar surface area (TPSA) is 78.9 Å². The Bertz CT molecular complexity index is 509. The van der Waals surface area contributed by atoms with Gasteiger partial charge in [-0.2, -0.15) is 0 Å². The number of anilines is 1. The highest BCUT2D eigenvalue weighted by Crippen LogP contribution is 2.19. The molecule has 2 rings (SSSR count). The number of carboxylic acids is 1. The number of urea groups is 1. The minimum Gasteiger partial charge on any atom is -0.481 e. The predicted molar refractivity (Wildman–Crippen MR) is 81.7 cm³/mol. The summed E-state index contributed by atoms with van der Waals surface area (Å²) in [4.78, 5) is 24.6. The molecule has 1 aliphatic rings. The van der Waals surface area contributed by atoms with Crippen LogP contribution in [0.5, 0.6) is 0 Å². The number of nitrogens with zero attached hydrogens (tertiary/aromatic N) is 1. The predicted octanol–water partition coefficient (Wildman–Crippen LogP) is 2.00. The molecule has 7 heteroatoms. The van der Waals surface area contributed by atoms with E-state index in [-0.39, 0.29) is 19.1 Å². The summed E-state index contributed by atoms with van der Waals surface area (Å²) in [6.07, 6.45) is -0.112. The molecule has 0 aromatic heterocycles. The molecule has 1 aliphatic heterocycles. The number of rotatable bonds is 3. The maximum atomic E-state index is 12.3. The molecule has 0 bridgehead atoms. The van der Waals surface area contributed by atoms with E-state index in [9.17, 15) is 9.59 Å². The minimum atomic E-state index is -0.937. The van der Waals surface area contributed by atoms with Crippen molar-refractivity contribution in [1.29, 1.82) is 0 Å². The highest BCUT2D eigenvalue weighted by molar-refractivity contribution is 14.1. The highest BCUT2D eigenvalue weighted by atomic mass is 127. The van der Waals surface area contributed by atoms with E-state index >= 15 is 0 Å². The molecule has 0 saturated carbocycles. The normalized spacial score (nSPS) is 18.6. The smallest absolute Gasteiger partial charge is 0.322 e. The van der Waals surface area contributed by atoms with Crippen molar-refractivity contribution in [2.45, 2.75) is 12.5 Å². The number of para-hydroxylation sites is 1. The van der Waals surface area contributed by atoms with Gasteiger partial charge in [0.2, 0.25) is 0 Å². The summed E-state index contributed by atoms with van der Waals surface area (Å²) in [5.41, 5.74) is 0.721. The van der Waals surface area contributed by atoms with Crippen molar-refractivity contribution in [3.8, 4) is 0 Å². The van der Waals surface area contributed by atoms with Gasteiger partial charge in [-0.3, -0.25) is 4.79 Å². The van der Waals surface area contributed by atoms with Crippen molar-refractivity contribution >= 4 is 40.3 Å². The lowest BCUT2D eigenvalue weighted by Crippen LogP contribution is -2.51. The molecule has 6 nitrogen and oxygen atoms in total. The van der Waals surface area contributed by atoms with Crippen LogP contribution in [0, 0.1) is 3.57 Å². The summed E-state index contributed by atoms with van der Waals surface area (Å²) in [7, 11) is 0. The van der Waals surface area contributed by atoms with Crippen molar-refractivity contribution in [2.24, 2.45) is 0 Å². The maximum absolute atomic E-state index is 12.3. The van der Waals surface area contributed by atoms with E-state index in [0.29, 0.717) is 13.2 Å². The van der Waals surface area contributed by atoms with Crippen LogP contribution in [0.1, 0.15) is 6.42 Å². The molecule has 0 aliphatic carbocycles. The number of ether oxygens (including phenoxy) is 1. The molecular formula is C13H15IN2O4. The van der Waals surface area contributed by atoms with Gasteiger partial charge in [0.15, 0.2) is 0 Å². The highest BCUT2D eigenvalue weighted by Gasteiger charge is 2.29. The van der Waals surface area contributed by atoms with Gasteiger partial charge in [0, 0.05) is 10.1 Å². The summed E-state index contributed by atoms with van der Waals surface area (Å²) in [6.45, 7) is 1.08. The maximum Gasteiger partial charge on any atom is 0.322 e. The third-order valence-electron chi connectivity index (χ3n) is 3.01. The van der Waals surface area contributed by atoms with E-state index in [1.807, 2.05) is 24.3 Å². The van der Waals surface area contributed by atoms with E-state index in [1.165, 1.54) is 4.90 Å². The SMILES string of the molecule is O=C(O)CC1COCCN1C(=O)Nc1ccccc1I. The zero-order chi connectivity index (χ0) is 14.5. The number of halogens is 1. The number of hydrogen-bond acceptors (Lipinski definition) is 3. The van der Waals surface area contributed by atoms with Gasteiger partial charge in [-0.1, -0.05) is 12.1 Å². The average molecular weight is 390 g/mol. The molecule has 2 amide bonds. The molecule has 1 aromatic rings. The van der Waals surface area contributed by atoms with E-state index < -0.39 is 12.0 Å². The van der Waals surface area contributed by atoms with Crippen LogP contribution >= 0.6 is 22.6 Å². The number of nitrogens with one attached hydrogen (secondary N) is 1. The van der Waals surface area contributed by atoms with E-state index in [2.05, 4.69) is 27.9 Å². The fourth-order valence-corrected chi connectivity index (χ4v) is 2.56. The lowest BCUT2D eigenvalue weighted by Gasteiger charge is -2.34. The van der Waals surface area contributed by atoms with E-state index in [1.54, 1.807) is 0 Å². The standard InChI is InChI=1S/C13H15IN2O4/c14-10-3-1-2-4-11(10)15-13(19)16-5-6-20-8-9(16)7-12(17)18/h1-4,9H,5-8H2,(H,15,19)(H,17,18). The van der Waals surface area contributed by atoms with Gasteiger partial charge in [-0.05, 0) is 34.7 Å². The first-order valence-corrected chi connectivity index (χ1v) is 7.27. The number of carbonyl (C=O) groups is 2. The number of hydrogen-bond donors (Lipinski definition) is 2. The third kappa shape index (κ3) is 3.83. The molecule has 1 atom stereocenters. The van der Waals surface area contributed by atoms with Crippen LogP contribution in [0.2, 0.25) is 0 Å². The molecule has 108 valence electrons. The van der Waals surface area contributed by atoms with Crippen molar-refractivity contribution in [1.82, 2.24) is 4.90 Å². The van der Waals surface area contributed by atoms with Crippen LogP contribution in [0.15, 0.2) is 24.3 Å². The molecule has 0 spiro atoms. The molecular weight excluding hydrogens is 375 g/mol. The van der Waals surface area contributed by atoms with Crippen LogP contribution in [-0.2, 0) is 9.53 Å². The van der Waals surface area contributed by atoms with E-state index in [4.69, 9.17) is 9.84 Å². The Balaban J connectivity index is 2.06. The van der Waals surface area contributed by atoms with Crippen LogP contribution < -0.4 is 5.32 Å². The largest absolute Gasteiger partial charge is 0.481 e. The fourth-order valence-electron chi connectivity index (χ4n) is 2.04. The quantitative estimate of drug-likeness (QED) is 0.774. The molecule has 1 unspecified atom stereocenters. The van der Waals surface area contributed by atoms with Crippen molar-refractivity contribution in [3.05, 3.63) is 27.8 Å². The Kier molecular flexibility index (Phi) is 5.18. The average Bonchev–Trinajstić information content (AvgIpc) is 2.41. The molecule has 2 N–H and O–H groups in total. The van der Waals surface area contributed by atoms with E-state index in [0.717, 1.165) is 9.26 Å². The lowest BCUT2D eigenvalue weighted by molar-refractivity contribution is -0.139. The van der Waals surface area contributed by atoms with Gasteiger partial charge in [-0.25, -0.2) is 4.79 Å². The summed E-state index contributed by atoms with van der Waals surface area (Å²) in [5.74, 6) is -0.937. The Morgan fingerprint density at radius 1 is 1.45 bits per heavy atom. The number of amides is 2. The van der Waals surface area contributed by atoms with Gasteiger partial charge in [-0.15, -0.1) is 0 Å². The zero-order valence-electron chi connectivity index (χ0n) is 10.7. The summed E-state index contributed by atoms with van der Waals surface area (Å²) in [6, 6.07) is 6.72. The summed E-state index contributed by atoms with van der Waals surface area (Å²) < 4.78 is 6.18. The van der Waals surface area contributed by atoms with Crippen molar-refractivity contribution in [3.63, 3.8) is 0 Å². The van der Waals surface area contributed by atoms with Crippen LogP contribution in [0.3, 0.4) is 0 Å². The molecule has 1 fully saturated rings. The molecule has 20 heavy (non-hydrogen) atoms. The Morgan fingerprint density at radius 2 is 2.20 bits per heavy atom. The number of carbonyl (C=O) groups excluding carboxylic acids is 1. The van der Waals surface area contributed by atoms with Crippen LogP contribution in [0.25, 0.3) is 0 Å². The van der Waals surface area contributed by atoms with Gasteiger partial charge in [0.1, 0.15) is 0 Å². The number of morpholine rings is 1. The monoisotopic (exact) mass is 390 g/mol. The Labute approximate surface area is 130 Å². The second-order valence-corrected chi connectivity index (χ2v) is 5.59. The Hall–Kier alpha value is -1.35. The van der Waals surface area contributed by atoms with Crippen LogP contribution in [-0.4, -0.2) is 47.8 Å². The summed E-state index contributed by atoms with van der Waals surface area (Å²) in [5, 5.41) is 11.7. The van der Waals surface area contributed by atoms with Gasteiger partial charge < -0.3 is 20.1 Å². The first-order valence-electron chi connectivity index (χ1n) is 6.19. The van der Waals surface area contributed by atoms with Gasteiger partial charge >= 0.3 is 12.0 Å². The number of aliphatic carboxylic acids is 1. The second kappa shape index (κ2) is 6.89. The van der Waals surface area contributed by atoms with Crippen LogP contribution in [0.4, 0.5) is 10.5 Å². The first kappa shape index (κ1) is 15.0. The third-order valence-corrected chi connectivity index (χ3v) is 3.95. The molecule has 1 saturated heterocycles. The van der Waals surface area contributed by atoms with Crippen molar-refractivity contribution < 1.29 is 19.4 Å². The zero-order valence-corrected chi connectivity index (χ0v) is 12.9. The van der Waals surface area contributed by atoms with Gasteiger partial charge in [0.25, 0.3) is 0 Å². The molecule has 1 heterocycles. The first-order chi connectivity index (χ1) is 9.58. The minimum absolute atomic E-state index is 0.112. The number of carboxylic acid groups (broad SMARTS) is 1. The molecule has 1 aromatic carbocycles. The second-order valence-electron chi connectivity index (χ2n) is 4.43.